The van der Waals surface area contributed by atoms with Crippen LogP contribution >= 0.6 is 0 Å². The van der Waals surface area contributed by atoms with Crippen molar-refractivity contribution in [3.8, 4) is 5.75 Å². The summed E-state index contributed by atoms with van der Waals surface area (Å²) in [5.74, 6) is 0.209. The molecule has 1 fully saturated rings. The molecule has 33 heavy (non-hydrogen) atoms. The Hall–Kier alpha value is -3.16. The molecule has 0 bridgehead atoms. The molecule has 0 saturated carbocycles. The predicted octanol–water partition coefficient (Wildman–Crippen LogP) is 3.97. The average molecular weight is 458 g/mol. The Balaban J connectivity index is 0.000000591. The lowest BCUT2D eigenvalue weighted by Gasteiger charge is -2.34. The van der Waals surface area contributed by atoms with E-state index in [2.05, 4.69) is 48.7 Å². The van der Waals surface area contributed by atoms with E-state index < -0.39 is 12.1 Å². The van der Waals surface area contributed by atoms with Crippen LogP contribution in [-0.4, -0.2) is 57.4 Å². The van der Waals surface area contributed by atoms with Crippen LogP contribution in [-0.2, 0) is 16.0 Å². The number of carboxylic acid groups (broad SMARTS) is 2. The first-order chi connectivity index (χ1) is 15.8. The van der Waals surface area contributed by atoms with Gasteiger partial charge in [0.05, 0.1) is 6.10 Å². The Morgan fingerprint density at radius 2 is 1.64 bits per heavy atom. The van der Waals surface area contributed by atoms with E-state index in [0.717, 1.165) is 37.2 Å². The molecule has 180 valence electrons. The van der Waals surface area contributed by atoms with Gasteiger partial charge in [0.1, 0.15) is 5.75 Å². The van der Waals surface area contributed by atoms with Gasteiger partial charge in [-0.15, -0.1) is 0 Å². The third kappa shape index (κ3) is 11.3. The number of aliphatic hydroxyl groups excluding tert-OH is 1. The molecule has 0 aromatic heterocycles. The third-order valence-electron chi connectivity index (χ3n) is 5.57. The van der Waals surface area contributed by atoms with Crippen molar-refractivity contribution in [3.63, 3.8) is 0 Å². The van der Waals surface area contributed by atoms with Crippen molar-refractivity contribution in [1.82, 2.24) is 4.90 Å². The molecule has 2 atom stereocenters. The van der Waals surface area contributed by atoms with Gasteiger partial charge in [-0.1, -0.05) is 56.0 Å². The summed E-state index contributed by atoms with van der Waals surface area (Å²) in [7, 11) is 0. The molecular weight excluding hydrogens is 422 g/mol. The first kappa shape index (κ1) is 27.9. The van der Waals surface area contributed by atoms with E-state index in [9.17, 15) is 15.0 Å². The average Bonchev–Trinajstić information content (AvgIpc) is 2.82. The summed E-state index contributed by atoms with van der Waals surface area (Å²) in [5, 5.41) is 34.4. The Morgan fingerprint density at radius 3 is 2.12 bits per heavy atom. The van der Waals surface area contributed by atoms with Gasteiger partial charge in [0.15, 0.2) is 0 Å². The van der Waals surface area contributed by atoms with E-state index in [0.29, 0.717) is 0 Å². The first-order valence-electron chi connectivity index (χ1n) is 11.0. The van der Waals surface area contributed by atoms with Gasteiger partial charge < -0.3 is 25.3 Å². The molecular formula is C26H35NO6. The summed E-state index contributed by atoms with van der Waals surface area (Å²) < 4.78 is 0. The van der Waals surface area contributed by atoms with Crippen molar-refractivity contribution in [3.05, 3.63) is 78.4 Å². The van der Waals surface area contributed by atoms with E-state index in [4.69, 9.17) is 15.0 Å². The van der Waals surface area contributed by atoms with Crippen LogP contribution in [0.4, 0.5) is 0 Å². The number of carbonyl (C=O) groups is 2. The summed E-state index contributed by atoms with van der Waals surface area (Å²) in [6.45, 7) is 7.96. The van der Waals surface area contributed by atoms with E-state index in [1.807, 2.05) is 12.1 Å². The number of carboxylic acids is 1. The molecule has 0 radical (unpaired) electrons. The normalized spacial score (nSPS) is 15.6. The highest BCUT2D eigenvalue weighted by Crippen LogP contribution is 2.27. The maximum Gasteiger partial charge on any atom is 0.327 e. The van der Waals surface area contributed by atoms with E-state index in [-0.39, 0.29) is 18.1 Å². The van der Waals surface area contributed by atoms with Crippen molar-refractivity contribution in [2.24, 2.45) is 11.8 Å². The van der Waals surface area contributed by atoms with Crippen LogP contribution < -0.4 is 0 Å². The minimum Gasteiger partial charge on any atom is -0.508 e. The number of aliphatic carboxylic acids is 1. The molecule has 7 nitrogen and oxygen atoms in total. The van der Waals surface area contributed by atoms with E-state index in [1.54, 1.807) is 12.1 Å². The fraction of sp³-hybridized carbons (Fsp3) is 0.385. The highest BCUT2D eigenvalue weighted by atomic mass is 16.4. The van der Waals surface area contributed by atoms with Gasteiger partial charge in [0, 0.05) is 12.6 Å². The minimum atomic E-state index is -0.981. The number of phenolic OH excluding ortho intramolecular Hbond substituents is 1. The molecule has 1 aliphatic heterocycles. The van der Waals surface area contributed by atoms with Crippen molar-refractivity contribution < 1.29 is 30.0 Å². The smallest absolute Gasteiger partial charge is 0.327 e. The highest BCUT2D eigenvalue weighted by Gasteiger charge is 2.24. The number of piperidine rings is 1. The Morgan fingerprint density at radius 1 is 1.12 bits per heavy atom. The fourth-order valence-electron chi connectivity index (χ4n) is 3.83. The number of nitrogens with zero attached hydrogens (tertiary/aromatic N) is 1. The maximum atomic E-state index is 10.5. The predicted molar refractivity (Wildman–Crippen MR) is 128 cm³/mol. The minimum absolute atomic E-state index is 0.176. The zero-order chi connectivity index (χ0) is 24.6. The summed E-state index contributed by atoms with van der Waals surface area (Å²) in [6, 6.07) is 17.7. The van der Waals surface area contributed by atoms with Gasteiger partial charge in [-0.3, -0.25) is 4.79 Å². The quantitative estimate of drug-likeness (QED) is 0.367. The lowest BCUT2D eigenvalue weighted by atomic mass is 9.89. The second kappa shape index (κ2) is 15.6. The molecule has 4 N–H and O–H groups in total. The lowest BCUT2D eigenvalue weighted by Crippen LogP contribution is -2.38. The van der Waals surface area contributed by atoms with Crippen molar-refractivity contribution in [2.75, 3.05) is 19.6 Å². The standard InChI is InChI=1S/C22H29NO2.C3H4O2.CH2O2/c1-17(22(25)20-7-9-21(24)10-8-20)16-23-13-11-19(12-14-23)15-18-5-3-2-4-6-18;1-2-3(4)5;2-1-3/h2-10,17,19,22,24-25H,11-16H2,1H3;2H,1H2,(H,4,5);1H,(H,2,3)/t17-,22+;;/m1../s1. The second-order valence-corrected chi connectivity index (χ2v) is 8.10. The van der Waals surface area contributed by atoms with Crippen LogP contribution in [0.25, 0.3) is 0 Å². The summed E-state index contributed by atoms with van der Waals surface area (Å²) >= 11 is 0. The number of rotatable bonds is 7. The molecule has 0 aliphatic carbocycles. The SMILES string of the molecule is C=CC(=O)O.C[C@H](CN1CCC(Cc2ccccc2)CC1)[C@H](O)c1ccc(O)cc1.O=CO. The number of aliphatic hydroxyl groups is 1. The summed E-state index contributed by atoms with van der Waals surface area (Å²) in [4.78, 5) is 20.1. The van der Waals surface area contributed by atoms with Crippen LogP contribution in [0.1, 0.15) is 37.0 Å². The van der Waals surface area contributed by atoms with Crippen LogP contribution in [0.2, 0.25) is 0 Å². The number of hydrogen-bond donors (Lipinski definition) is 4. The molecule has 3 rings (SSSR count). The van der Waals surface area contributed by atoms with Gasteiger partial charge in [-0.05, 0) is 67.4 Å². The Kier molecular flexibility index (Phi) is 13.2. The molecule has 0 spiro atoms. The number of hydrogen-bond acceptors (Lipinski definition) is 5. The monoisotopic (exact) mass is 457 g/mol. The van der Waals surface area contributed by atoms with Gasteiger partial charge in [-0.25, -0.2) is 4.79 Å². The van der Waals surface area contributed by atoms with Crippen molar-refractivity contribution in [1.29, 1.82) is 0 Å². The Bertz CT molecular complexity index is 816. The highest BCUT2D eigenvalue weighted by molar-refractivity contribution is 5.78. The molecule has 1 aliphatic rings. The molecule has 1 heterocycles. The fourth-order valence-corrected chi connectivity index (χ4v) is 3.83. The number of phenols is 1. The summed E-state index contributed by atoms with van der Waals surface area (Å²) in [6.07, 6.45) is 4.00. The third-order valence-corrected chi connectivity index (χ3v) is 5.57. The largest absolute Gasteiger partial charge is 0.508 e. The summed E-state index contributed by atoms with van der Waals surface area (Å²) in [5.41, 5.74) is 2.32. The van der Waals surface area contributed by atoms with Gasteiger partial charge in [0.2, 0.25) is 0 Å². The van der Waals surface area contributed by atoms with Crippen molar-refractivity contribution in [2.45, 2.75) is 32.3 Å². The van der Waals surface area contributed by atoms with Crippen LogP contribution in [0.5, 0.6) is 5.75 Å². The molecule has 7 heteroatoms. The van der Waals surface area contributed by atoms with Crippen LogP contribution in [0, 0.1) is 11.8 Å². The van der Waals surface area contributed by atoms with Gasteiger partial charge in [0.25, 0.3) is 6.47 Å². The maximum absolute atomic E-state index is 10.5. The Labute approximate surface area is 195 Å². The second-order valence-electron chi connectivity index (χ2n) is 8.10. The number of benzene rings is 2. The van der Waals surface area contributed by atoms with Crippen LogP contribution in [0.15, 0.2) is 67.3 Å². The number of aromatic hydroxyl groups is 1. The lowest BCUT2D eigenvalue weighted by molar-refractivity contribution is -0.131. The zero-order valence-electron chi connectivity index (χ0n) is 19.1. The van der Waals surface area contributed by atoms with Crippen molar-refractivity contribution >= 4 is 12.4 Å². The molecule has 0 amide bonds. The molecule has 0 unspecified atom stereocenters. The van der Waals surface area contributed by atoms with Crippen LogP contribution in [0.3, 0.4) is 0 Å². The molecule has 2 aromatic carbocycles. The number of likely N-dealkylation sites (tertiary alicyclic amines) is 1. The first-order valence-corrected chi connectivity index (χ1v) is 11.0. The topological polar surface area (TPSA) is 118 Å². The van der Waals surface area contributed by atoms with E-state index in [1.165, 1.54) is 24.8 Å². The van der Waals surface area contributed by atoms with Gasteiger partial charge >= 0.3 is 5.97 Å². The van der Waals surface area contributed by atoms with Gasteiger partial charge in [-0.2, -0.15) is 0 Å². The zero-order valence-corrected chi connectivity index (χ0v) is 19.1. The van der Waals surface area contributed by atoms with E-state index >= 15 is 0 Å². The molecule has 2 aromatic rings. The molecule has 1 saturated heterocycles.